The van der Waals surface area contributed by atoms with Crippen molar-refractivity contribution in [3.05, 3.63) is 0 Å². The second-order valence-corrected chi connectivity index (χ2v) is 4.08. The zero-order chi connectivity index (χ0) is 9.94. The fraction of sp³-hybridized carbons (Fsp3) is 0.889. The third-order valence-corrected chi connectivity index (χ3v) is 2.71. The van der Waals surface area contributed by atoms with Gasteiger partial charge in [-0.15, -0.1) is 24.8 Å². The van der Waals surface area contributed by atoms with Crippen molar-refractivity contribution in [2.24, 2.45) is 5.73 Å². The van der Waals surface area contributed by atoms with Gasteiger partial charge in [0, 0.05) is 18.7 Å². The van der Waals surface area contributed by atoms with E-state index in [1.807, 2.05) is 7.05 Å². The summed E-state index contributed by atoms with van der Waals surface area (Å²) >= 11 is 1.45. The number of carbonyl (C=O) groups excluding carboxylic acids is 1. The molecule has 0 saturated heterocycles. The van der Waals surface area contributed by atoms with Crippen molar-refractivity contribution in [3.8, 4) is 0 Å². The summed E-state index contributed by atoms with van der Waals surface area (Å²) in [7, 11) is 1.86. The van der Waals surface area contributed by atoms with Gasteiger partial charge in [0.15, 0.2) is 5.12 Å². The molecule has 0 rings (SSSR count). The standard InChI is InChI=1S/C9H20N2OS.2ClH/c1-11-7-5-9(12)13-8-4-2-3-6-10;;/h11H,2-8,10H2,1H3;2*1H. The molecule has 0 bridgehead atoms. The molecule has 6 heteroatoms. The molecule has 0 heterocycles. The second kappa shape index (κ2) is 16.9. The lowest BCUT2D eigenvalue weighted by atomic mass is 10.2. The first-order valence-corrected chi connectivity index (χ1v) is 5.80. The quantitative estimate of drug-likeness (QED) is 0.665. The number of halogens is 2. The number of hydrogen-bond donors (Lipinski definition) is 2. The zero-order valence-electron chi connectivity index (χ0n) is 9.16. The molecule has 0 aliphatic heterocycles. The minimum absolute atomic E-state index is 0. The maximum absolute atomic E-state index is 11.1. The highest BCUT2D eigenvalue weighted by Gasteiger charge is 2.00. The van der Waals surface area contributed by atoms with Crippen LogP contribution in [0.1, 0.15) is 25.7 Å². The fourth-order valence-electron chi connectivity index (χ4n) is 0.908. The first-order valence-electron chi connectivity index (χ1n) is 4.81. The van der Waals surface area contributed by atoms with E-state index in [1.165, 1.54) is 11.8 Å². The Hall–Kier alpha value is 0.520. The van der Waals surface area contributed by atoms with Crippen molar-refractivity contribution < 1.29 is 4.79 Å². The maximum atomic E-state index is 11.1. The number of carbonyl (C=O) groups is 1. The lowest BCUT2D eigenvalue weighted by molar-refractivity contribution is -0.110. The monoisotopic (exact) mass is 276 g/mol. The van der Waals surface area contributed by atoms with Gasteiger partial charge in [0.1, 0.15) is 0 Å². The Morgan fingerprint density at radius 3 is 2.47 bits per heavy atom. The van der Waals surface area contributed by atoms with Crippen LogP contribution in [0.25, 0.3) is 0 Å². The Morgan fingerprint density at radius 1 is 1.27 bits per heavy atom. The van der Waals surface area contributed by atoms with Crippen molar-refractivity contribution in [1.82, 2.24) is 5.32 Å². The van der Waals surface area contributed by atoms with E-state index in [-0.39, 0.29) is 24.8 Å². The molecule has 0 aromatic rings. The third-order valence-electron chi connectivity index (χ3n) is 1.69. The number of thioether (sulfide) groups is 1. The number of hydrogen-bond acceptors (Lipinski definition) is 4. The molecule has 0 radical (unpaired) electrons. The van der Waals surface area contributed by atoms with Gasteiger partial charge in [-0.2, -0.15) is 0 Å². The minimum atomic E-state index is 0. The molecule has 0 aromatic heterocycles. The summed E-state index contributed by atoms with van der Waals surface area (Å²) in [6.45, 7) is 1.55. The van der Waals surface area contributed by atoms with E-state index >= 15 is 0 Å². The van der Waals surface area contributed by atoms with Gasteiger partial charge in [-0.25, -0.2) is 0 Å². The van der Waals surface area contributed by atoms with Crippen LogP contribution in [-0.2, 0) is 4.79 Å². The summed E-state index contributed by atoms with van der Waals surface area (Å²) in [4.78, 5) is 11.1. The van der Waals surface area contributed by atoms with E-state index in [9.17, 15) is 4.79 Å². The first-order chi connectivity index (χ1) is 6.31. The van der Waals surface area contributed by atoms with Gasteiger partial charge in [0.2, 0.25) is 0 Å². The van der Waals surface area contributed by atoms with Crippen LogP contribution in [0.3, 0.4) is 0 Å². The van der Waals surface area contributed by atoms with Crippen LogP contribution in [0.2, 0.25) is 0 Å². The van der Waals surface area contributed by atoms with Gasteiger partial charge in [0.25, 0.3) is 0 Å². The molecule has 0 unspecified atom stereocenters. The SMILES string of the molecule is CNCCC(=O)SCCCCCN.Cl.Cl. The van der Waals surface area contributed by atoms with E-state index < -0.39 is 0 Å². The van der Waals surface area contributed by atoms with Gasteiger partial charge in [0.05, 0.1) is 0 Å². The van der Waals surface area contributed by atoms with Gasteiger partial charge >= 0.3 is 0 Å². The Labute approximate surface area is 109 Å². The molecule has 0 aliphatic rings. The molecule has 94 valence electrons. The number of unbranched alkanes of at least 4 members (excludes halogenated alkanes) is 2. The van der Waals surface area contributed by atoms with Crippen LogP contribution < -0.4 is 11.1 Å². The van der Waals surface area contributed by atoms with E-state index in [0.717, 1.165) is 38.1 Å². The normalized spacial score (nSPS) is 8.93. The predicted molar refractivity (Wildman–Crippen MR) is 73.4 cm³/mol. The second-order valence-electron chi connectivity index (χ2n) is 2.92. The average Bonchev–Trinajstić information content (AvgIpc) is 2.14. The molecule has 0 fully saturated rings. The van der Waals surface area contributed by atoms with Crippen LogP contribution in [0.15, 0.2) is 0 Å². The molecular formula is C9H22Cl2N2OS. The van der Waals surface area contributed by atoms with E-state index in [0.29, 0.717) is 11.5 Å². The molecule has 0 aromatic carbocycles. The molecule has 3 nitrogen and oxygen atoms in total. The fourth-order valence-corrected chi connectivity index (χ4v) is 1.73. The van der Waals surface area contributed by atoms with Crippen molar-refractivity contribution >= 4 is 41.7 Å². The van der Waals surface area contributed by atoms with Crippen LogP contribution in [0.5, 0.6) is 0 Å². The van der Waals surface area contributed by atoms with Crippen LogP contribution in [-0.4, -0.2) is 31.0 Å². The van der Waals surface area contributed by atoms with E-state index in [2.05, 4.69) is 5.32 Å². The lowest BCUT2D eigenvalue weighted by Crippen LogP contribution is -2.11. The highest BCUT2D eigenvalue weighted by atomic mass is 35.5. The number of rotatable bonds is 8. The zero-order valence-corrected chi connectivity index (χ0v) is 11.6. The maximum Gasteiger partial charge on any atom is 0.190 e. The summed E-state index contributed by atoms with van der Waals surface area (Å²) in [6, 6.07) is 0. The Morgan fingerprint density at radius 2 is 1.93 bits per heavy atom. The first kappa shape index (κ1) is 20.9. The summed E-state index contributed by atoms with van der Waals surface area (Å²) in [5.41, 5.74) is 5.35. The van der Waals surface area contributed by atoms with Crippen LogP contribution in [0.4, 0.5) is 0 Å². The molecule has 0 saturated carbocycles. The van der Waals surface area contributed by atoms with Crippen LogP contribution >= 0.6 is 36.6 Å². The summed E-state index contributed by atoms with van der Waals surface area (Å²) in [5, 5.41) is 3.25. The summed E-state index contributed by atoms with van der Waals surface area (Å²) in [5.74, 6) is 0.947. The number of nitrogens with one attached hydrogen (secondary N) is 1. The number of nitrogens with two attached hydrogens (primary N) is 1. The molecule has 15 heavy (non-hydrogen) atoms. The molecular weight excluding hydrogens is 255 g/mol. The van der Waals surface area contributed by atoms with Crippen molar-refractivity contribution in [1.29, 1.82) is 0 Å². The molecule has 0 atom stereocenters. The largest absolute Gasteiger partial charge is 0.330 e. The summed E-state index contributed by atoms with van der Waals surface area (Å²) < 4.78 is 0. The lowest BCUT2D eigenvalue weighted by Gasteiger charge is -2.00. The smallest absolute Gasteiger partial charge is 0.190 e. The minimum Gasteiger partial charge on any atom is -0.330 e. The van der Waals surface area contributed by atoms with Crippen LogP contribution in [0, 0.1) is 0 Å². The Kier molecular flexibility index (Phi) is 23.6. The van der Waals surface area contributed by atoms with Crippen molar-refractivity contribution in [3.63, 3.8) is 0 Å². The van der Waals surface area contributed by atoms with Gasteiger partial charge < -0.3 is 11.1 Å². The van der Waals surface area contributed by atoms with E-state index in [4.69, 9.17) is 5.73 Å². The highest BCUT2D eigenvalue weighted by Crippen LogP contribution is 2.08. The molecule has 3 N–H and O–H groups in total. The molecule has 0 amide bonds. The van der Waals surface area contributed by atoms with Crippen molar-refractivity contribution in [2.75, 3.05) is 25.9 Å². The van der Waals surface area contributed by atoms with E-state index in [1.54, 1.807) is 0 Å². The Bertz CT molecular complexity index is 139. The molecule has 0 spiro atoms. The summed E-state index contributed by atoms with van der Waals surface area (Å²) in [6.07, 6.45) is 3.96. The highest BCUT2D eigenvalue weighted by molar-refractivity contribution is 8.13. The topological polar surface area (TPSA) is 55.1 Å². The third kappa shape index (κ3) is 17.2. The van der Waals surface area contributed by atoms with Gasteiger partial charge in [-0.1, -0.05) is 18.2 Å². The average molecular weight is 277 g/mol. The Balaban J connectivity index is -0.000000720. The van der Waals surface area contributed by atoms with Gasteiger partial charge in [-0.3, -0.25) is 4.79 Å². The van der Waals surface area contributed by atoms with Crippen molar-refractivity contribution in [2.45, 2.75) is 25.7 Å². The molecule has 0 aliphatic carbocycles. The predicted octanol–water partition coefficient (Wildman–Crippen LogP) is 1.83. The van der Waals surface area contributed by atoms with Gasteiger partial charge in [-0.05, 0) is 26.4 Å².